The van der Waals surface area contributed by atoms with Crippen LogP contribution in [0, 0.1) is 0 Å². The van der Waals surface area contributed by atoms with Crippen molar-refractivity contribution in [1.82, 2.24) is 4.98 Å². The fraction of sp³-hybridized carbons (Fsp3) is 0.500. The third-order valence-corrected chi connectivity index (χ3v) is 2.47. The molecule has 0 aliphatic carbocycles. The lowest BCUT2D eigenvalue weighted by Gasteiger charge is -1.96. The maximum Gasteiger partial charge on any atom is 0.0340 e. The predicted octanol–water partition coefficient (Wildman–Crippen LogP) is 4.46. The van der Waals surface area contributed by atoms with Gasteiger partial charge in [0, 0.05) is 12.4 Å². The summed E-state index contributed by atoms with van der Waals surface area (Å²) in [5, 5.41) is 0. The van der Waals surface area contributed by atoms with E-state index in [2.05, 4.69) is 30.1 Å². The van der Waals surface area contributed by atoms with Gasteiger partial charge < -0.3 is 0 Å². The Hall–Kier alpha value is -1.11. The van der Waals surface area contributed by atoms with Crippen molar-refractivity contribution in [2.75, 3.05) is 0 Å². The highest BCUT2D eigenvalue weighted by Crippen LogP contribution is 2.07. The van der Waals surface area contributed by atoms with E-state index in [4.69, 9.17) is 0 Å². The van der Waals surface area contributed by atoms with Crippen molar-refractivity contribution < 1.29 is 0 Å². The molecule has 1 nitrogen and oxygen atoms in total. The second kappa shape index (κ2) is 8.22. The van der Waals surface area contributed by atoms with Crippen LogP contribution in [0.25, 0.3) is 6.08 Å². The Balaban J connectivity index is 2.07. The Bertz CT molecular complexity index is 264. The number of nitrogens with zero attached hydrogens (tertiary/aromatic N) is 1. The van der Waals surface area contributed by atoms with E-state index in [0.29, 0.717) is 0 Å². The van der Waals surface area contributed by atoms with Crippen molar-refractivity contribution in [3.05, 3.63) is 36.2 Å². The van der Waals surface area contributed by atoms with Crippen LogP contribution in [-0.4, -0.2) is 4.98 Å². The Kier molecular flexibility index (Phi) is 6.55. The van der Waals surface area contributed by atoms with Crippen LogP contribution < -0.4 is 0 Å². The first kappa shape index (κ1) is 12.0. The average Bonchev–Trinajstić information content (AvgIpc) is 2.29. The molecule has 1 heterocycles. The summed E-state index contributed by atoms with van der Waals surface area (Å²) in [4.78, 5) is 4.07. The molecule has 0 aliphatic rings. The minimum absolute atomic E-state index is 1.19. The highest BCUT2D eigenvalue weighted by atomic mass is 14.6. The van der Waals surface area contributed by atoms with Crippen molar-refractivity contribution in [2.45, 2.75) is 45.4 Å². The minimum atomic E-state index is 1.19. The van der Waals surface area contributed by atoms with Crippen LogP contribution in [0.4, 0.5) is 0 Å². The third-order valence-electron chi connectivity index (χ3n) is 2.47. The van der Waals surface area contributed by atoms with Gasteiger partial charge in [0.1, 0.15) is 0 Å². The molecule has 1 rings (SSSR count). The second-order valence-corrected chi connectivity index (χ2v) is 3.89. The normalized spacial score (nSPS) is 11.0. The Morgan fingerprint density at radius 2 is 2.07 bits per heavy atom. The van der Waals surface area contributed by atoms with E-state index in [-0.39, 0.29) is 0 Å². The zero-order valence-corrected chi connectivity index (χ0v) is 9.65. The largest absolute Gasteiger partial charge is 0.264 e. The van der Waals surface area contributed by atoms with Gasteiger partial charge in [-0.1, -0.05) is 50.8 Å². The summed E-state index contributed by atoms with van der Waals surface area (Å²) in [6.45, 7) is 2.25. The highest BCUT2D eigenvalue weighted by Gasteiger charge is 1.87. The monoisotopic (exact) mass is 203 g/mol. The number of rotatable bonds is 7. The SMILES string of the molecule is CCCCCCCC=Cc1cccnc1. The maximum atomic E-state index is 4.07. The number of allylic oxidation sites excluding steroid dienone is 1. The molecule has 0 atom stereocenters. The van der Waals surface area contributed by atoms with Gasteiger partial charge >= 0.3 is 0 Å². The Labute approximate surface area is 93.2 Å². The summed E-state index contributed by atoms with van der Waals surface area (Å²) >= 11 is 0. The fourth-order valence-corrected chi connectivity index (χ4v) is 1.56. The van der Waals surface area contributed by atoms with E-state index in [0.717, 1.165) is 0 Å². The van der Waals surface area contributed by atoms with Crippen molar-refractivity contribution >= 4 is 6.08 Å². The molecule has 1 aromatic rings. The molecule has 0 radical (unpaired) electrons. The zero-order chi connectivity index (χ0) is 10.8. The lowest BCUT2D eigenvalue weighted by Crippen LogP contribution is -1.76. The van der Waals surface area contributed by atoms with Crippen LogP contribution in [0.15, 0.2) is 30.6 Å². The molecule has 0 saturated heterocycles. The molecule has 0 saturated carbocycles. The van der Waals surface area contributed by atoms with Crippen molar-refractivity contribution in [3.63, 3.8) is 0 Å². The molecule has 0 fully saturated rings. The van der Waals surface area contributed by atoms with E-state index >= 15 is 0 Å². The number of hydrogen-bond donors (Lipinski definition) is 0. The summed E-state index contributed by atoms with van der Waals surface area (Å²) in [7, 11) is 0. The van der Waals surface area contributed by atoms with Crippen LogP contribution in [0.3, 0.4) is 0 Å². The van der Waals surface area contributed by atoms with Gasteiger partial charge in [-0.25, -0.2) is 0 Å². The lowest BCUT2D eigenvalue weighted by atomic mass is 10.1. The van der Waals surface area contributed by atoms with Crippen molar-refractivity contribution in [1.29, 1.82) is 0 Å². The quantitative estimate of drug-likeness (QED) is 0.596. The predicted molar refractivity (Wildman–Crippen MR) is 66.6 cm³/mol. The molecular formula is C14H21N. The molecule has 1 aromatic heterocycles. The summed E-state index contributed by atoms with van der Waals surface area (Å²) < 4.78 is 0. The first-order valence-electron chi connectivity index (χ1n) is 6.00. The second-order valence-electron chi connectivity index (χ2n) is 3.89. The smallest absolute Gasteiger partial charge is 0.0340 e. The van der Waals surface area contributed by atoms with E-state index in [9.17, 15) is 0 Å². The number of hydrogen-bond acceptors (Lipinski definition) is 1. The molecular weight excluding hydrogens is 182 g/mol. The molecule has 0 N–H and O–H groups in total. The standard InChI is InChI=1S/C14H21N/c1-2-3-4-5-6-7-8-10-14-11-9-12-15-13-14/h8-13H,2-7H2,1H3. The maximum absolute atomic E-state index is 4.07. The fourth-order valence-electron chi connectivity index (χ4n) is 1.56. The van der Waals surface area contributed by atoms with Gasteiger partial charge in [-0.3, -0.25) is 4.98 Å². The van der Waals surface area contributed by atoms with Gasteiger partial charge in [0.25, 0.3) is 0 Å². The van der Waals surface area contributed by atoms with Crippen LogP contribution >= 0.6 is 0 Å². The van der Waals surface area contributed by atoms with E-state index < -0.39 is 0 Å². The number of unbranched alkanes of at least 4 members (excludes halogenated alkanes) is 5. The van der Waals surface area contributed by atoms with Gasteiger partial charge in [-0.05, 0) is 24.5 Å². The minimum Gasteiger partial charge on any atom is -0.264 e. The molecule has 0 amide bonds. The van der Waals surface area contributed by atoms with Gasteiger partial charge in [0.2, 0.25) is 0 Å². The highest BCUT2D eigenvalue weighted by molar-refractivity contribution is 5.46. The molecule has 0 aliphatic heterocycles. The summed E-state index contributed by atoms with van der Waals surface area (Å²) in [6, 6.07) is 4.06. The van der Waals surface area contributed by atoms with Crippen molar-refractivity contribution in [2.24, 2.45) is 0 Å². The third kappa shape index (κ3) is 6.05. The molecule has 0 bridgehead atoms. The molecule has 15 heavy (non-hydrogen) atoms. The van der Waals surface area contributed by atoms with E-state index in [1.54, 1.807) is 0 Å². The molecule has 0 spiro atoms. The Morgan fingerprint density at radius 1 is 1.20 bits per heavy atom. The van der Waals surface area contributed by atoms with Crippen molar-refractivity contribution in [3.8, 4) is 0 Å². The van der Waals surface area contributed by atoms with Crippen LogP contribution in [0.2, 0.25) is 0 Å². The van der Waals surface area contributed by atoms with Gasteiger partial charge in [0.15, 0.2) is 0 Å². The average molecular weight is 203 g/mol. The molecule has 82 valence electrons. The first-order chi connectivity index (χ1) is 7.43. The van der Waals surface area contributed by atoms with Gasteiger partial charge in [-0.2, -0.15) is 0 Å². The molecule has 0 aromatic carbocycles. The van der Waals surface area contributed by atoms with Gasteiger partial charge in [-0.15, -0.1) is 0 Å². The topological polar surface area (TPSA) is 12.9 Å². The zero-order valence-electron chi connectivity index (χ0n) is 9.65. The van der Waals surface area contributed by atoms with Crippen LogP contribution in [0.5, 0.6) is 0 Å². The summed E-state index contributed by atoms with van der Waals surface area (Å²) in [5.41, 5.74) is 1.20. The van der Waals surface area contributed by atoms with E-state index in [1.807, 2.05) is 18.5 Å². The molecule has 0 unspecified atom stereocenters. The summed E-state index contributed by atoms with van der Waals surface area (Å²) in [5.74, 6) is 0. The lowest BCUT2D eigenvalue weighted by molar-refractivity contribution is 0.638. The number of aromatic nitrogens is 1. The van der Waals surface area contributed by atoms with Crippen LogP contribution in [-0.2, 0) is 0 Å². The van der Waals surface area contributed by atoms with Crippen LogP contribution in [0.1, 0.15) is 51.0 Å². The first-order valence-corrected chi connectivity index (χ1v) is 6.00. The Morgan fingerprint density at radius 3 is 2.80 bits per heavy atom. The van der Waals surface area contributed by atoms with Gasteiger partial charge in [0.05, 0.1) is 0 Å². The summed E-state index contributed by atoms with van der Waals surface area (Å²) in [6.07, 6.45) is 16.1. The number of pyridine rings is 1. The van der Waals surface area contributed by atoms with E-state index in [1.165, 1.54) is 44.1 Å². The molecule has 1 heteroatoms.